The summed E-state index contributed by atoms with van der Waals surface area (Å²) >= 11 is 3.36. The van der Waals surface area contributed by atoms with E-state index >= 15 is 0 Å². The fourth-order valence-corrected chi connectivity index (χ4v) is 3.86. The van der Waals surface area contributed by atoms with Gasteiger partial charge in [0.1, 0.15) is 5.52 Å². The van der Waals surface area contributed by atoms with Crippen molar-refractivity contribution in [2.24, 2.45) is 0 Å². The number of aromatic nitrogens is 4. The molecule has 1 aromatic carbocycles. The quantitative estimate of drug-likeness (QED) is 0.462. The number of carbonyl (C=O) groups excluding carboxylic acids is 1. The Hall–Kier alpha value is -3.15. The number of fused-ring (bicyclic) bond motifs is 2. The molecule has 1 aliphatic heterocycles. The molecule has 4 aromatic rings. The van der Waals surface area contributed by atoms with Gasteiger partial charge in [-0.05, 0) is 18.2 Å². The predicted octanol–water partition coefficient (Wildman–Crippen LogP) is 4.11. The van der Waals surface area contributed by atoms with Crippen molar-refractivity contribution < 1.29 is 26.8 Å². The number of benzene rings is 1. The van der Waals surface area contributed by atoms with E-state index in [0.717, 1.165) is 10.2 Å². The molecule has 30 heavy (non-hydrogen) atoms. The maximum Gasteiger partial charge on any atom is 0.437 e. The average Bonchev–Trinajstić information content (AvgIpc) is 3.43. The van der Waals surface area contributed by atoms with Gasteiger partial charge in [-0.25, -0.2) is 15.0 Å². The minimum absolute atomic E-state index is 0.110. The fraction of sp³-hybridized carbons (Fsp3) is 0.222. The summed E-state index contributed by atoms with van der Waals surface area (Å²) in [5.41, 5.74) is 0.832. The van der Waals surface area contributed by atoms with Crippen LogP contribution in [0.5, 0.6) is 0 Å². The van der Waals surface area contributed by atoms with E-state index in [0.29, 0.717) is 29.6 Å². The minimum atomic E-state index is -4.83. The minimum Gasteiger partial charge on any atom is -0.438 e. The van der Waals surface area contributed by atoms with Gasteiger partial charge in [-0.2, -0.15) is 13.2 Å². The first kappa shape index (κ1) is 18.9. The molecule has 0 bridgehead atoms. The maximum absolute atomic E-state index is 13.3. The zero-order valence-electron chi connectivity index (χ0n) is 14.9. The highest BCUT2D eigenvalue weighted by molar-refractivity contribution is 9.10. The van der Waals surface area contributed by atoms with Crippen LogP contribution in [0.2, 0.25) is 0 Å². The molecular weight excluding hydrogens is 471 g/mol. The van der Waals surface area contributed by atoms with Gasteiger partial charge in [-0.15, -0.1) is 0 Å². The number of oxazole rings is 2. The van der Waals surface area contributed by atoms with Gasteiger partial charge in [0.05, 0.1) is 12.0 Å². The molecular formula is C18H11BrF3N5O3. The molecule has 1 aliphatic rings. The molecule has 8 nitrogen and oxygen atoms in total. The standard InChI is InChI=1S/C18H11BrF3N5O3/c19-8-1-2-11-10(5-8)26-16(30-11)13-12-9(23-6-24-12)3-4-27(13)17(28)14-15(18(20,21)22)25-7-29-14/h1-2,5-7,13H,3-4H2,(H,23,24)/t13-/m0/s1. The largest absolute Gasteiger partial charge is 0.438 e. The lowest BCUT2D eigenvalue weighted by Gasteiger charge is -2.32. The second-order valence-electron chi connectivity index (χ2n) is 6.61. The second kappa shape index (κ2) is 6.69. The summed E-state index contributed by atoms with van der Waals surface area (Å²) in [5.74, 6) is -1.72. The van der Waals surface area contributed by atoms with Gasteiger partial charge in [-0.3, -0.25) is 4.79 Å². The molecule has 1 N–H and O–H groups in total. The Morgan fingerprint density at radius 1 is 1.30 bits per heavy atom. The molecule has 0 aliphatic carbocycles. The molecule has 4 heterocycles. The fourth-order valence-electron chi connectivity index (χ4n) is 3.51. The third kappa shape index (κ3) is 2.98. The van der Waals surface area contributed by atoms with Crippen molar-refractivity contribution in [2.75, 3.05) is 6.54 Å². The van der Waals surface area contributed by atoms with Gasteiger partial charge in [0, 0.05) is 23.1 Å². The van der Waals surface area contributed by atoms with E-state index in [1.807, 2.05) is 0 Å². The van der Waals surface area contributed by atoms with Crippen LogP contribution < -0.4 is 0 Å². The number of nitrogens with one attached hydrogen (secondary N) is 1. The summed E-state index contributed by atoms with van der Waals surface area (Å²) in [6, 6.07) is 4.28. The average molecular weight is 482 g/mol. The summed E-state index contributed by atoms with van der Waals surface area (Å²) < 4.78 is 51.2. The van der Waals surface area contributed by atoms with E-state index in [-0.39, 0.29) is 12.4 Å². The Morgan fingerprint density at radius 2 is 2.13 bits per heavy atom. The Kier molecular flexibility index (Phi) is 4.20. The van der Waals surface area contributed by atoms with E-state index in [9.17, 15) is 18.0 Å². The molecule has 0 saturated heterocycles. The number of aromatic amines is 1. The lowest BCUT2D eigenvalue weighted by atomic mass is 10.0. The van der Waals surface area contributed by atoms with Gasteiger partial charge in [0.15, 0.2) is 23.7 Å². The number of halogens is 4. The van der Waals surface area contributed by atoms with Gasteiger partial charge in [-0.1, -0.05) is 15.9 Å². The number of hydrogen-bond acceptors (Lipinski definition) is 6. The third-order valence-electron chi connectivity index (χ3n) is 4.82. The number of nitrogens with zero attached hydrogens (tertiary/aromatic N) is 4. The SMILES string of the molecule is O=C(c1ocnc1C(F)(F)F)N1CCc2[nH]cnc2[C@H]1c1nc2cc(Br)ccc2o1. The molecule has 154 valence electrons. The number of H-pyrrole nitrogens is 1. The van der Waals surface area contributed by atoms with E-state index < -0.39 is 29.6 Å². The van der Waals surface area contributed by atoms with Gasteiger partial charge < -0.3 is 18.7 Å². The molecule has 0 saturated carbocycles. The van der Waals surface area contributed by atoms with Crippen molar-refractivity contribution in [1.29, 1.82) is 0 Å². The Morgan fingerprint density at radius 3 is 2.93 bits per heavy atom. The first-order chi connectivity index (χ1) is 14.3. The molecule has 12 heteroatoms. The zero-order valence-corrected chi connectivity index (χ0v) is 16.5. The zero-order chi connectivity index (χ0) is 21.0. The lowest BCUT2D eigenvalue weighted by molar-refractivity contribution is -0.141. The topological polar surface area (TPSA) is 101 Å². The van der Waals surface area contributed by atoms with Crippen molar-refractivity contribution in [3.05, 3.63) is 64.1 Å². The molecule has 1 atom stereocenters. The van der Waals surface area contributed by atoms with E-state index in [1.165, 1.54) is 11.2 Å². The van der Waals surface area contributed by atoms with E-state index in [1.54, 1.807) is 18.2 Å². The Bertz CT molecular complexity index is 1260. The highest BCUT2D eigenvalue weighted by atomic mass is 79.9. The molecule has 0 unspecified atom stereocenters. The second-order valence-corrected chi connectivity index (χ2v) is 7.53. The van der Waals surface area contributed by atoms with Crippen LogP contribution in [0, 0.1) is 0 Å². The van der Waals surface area contributed by atoms with Crippen molar-refractivity contribution in [1.82, 2.24) is 24.8 Å². The van der Waals surface area contributed by atoms with E-state index in [2.05, 4.69) is 35.9 Å². The molecule has 1 amide bonds. The van der Waals surface area contributed by atoms with Crippen LogP contribution in [0.1, 0.15) is 39.6 Å². The van der Waals surface area contributed by atoms with Crippen LogP contribution in [0.15, 0.2) is 44.2 Å². The summed E-state index contributed by atoms with van der Waals surface area (Å²) in [6.45, 7) is 0.110. The molecule has 0 radical (unpaired) electrons. The monoisotopic (exact) mass is 481 g/mol. The number of amides is 1. The predicted molar refractivity (Wildman–Crippen MR) is 98.4 cm³/mol. The number of rotatable bonds is 2. The number of alkyl halides is 3. The van der Waals surface area contributed by atoms with Crippen molar-refractivity contribution in [3.63, 3.8) is 0 Å². The summed E-state index contributed by atoms with van der Waals surface area (Å²) in [4.78, 5) is 29.2. The van der Waals surface area contributed by atoms with Crippen molar-refractivity contribution in [3.8, 4) is 0 Å². The van der Waals surface area contributed by atoms with Gasteiger partial charge in [0.2, 0.25) is 11.7 Å². The van der Waals surface area contributed by atoms with Crippen LogP contribution >= 0.6 is 15.9 Å². The first-order valence-corrected chi connectivity index (χ1v) is 9.52. The summed E-state index contributed by atoms with van der Waals surface area (Å²) in [7, 11) is 0. The summed E-state index contributed by atoms with van der Waals surface area (Å²) in [6.07, 6.45) is -2.39. The van der Waals surface area contributed by atoms with Crippen LogP contribution in [0.4, 0.5) is 13.2 Å². The summed E-state index contributed by atoms with van der Waals surface area (Å²) in [5, 5.41) is 0. The highest BCUT2D eigenvalue weighted by Crippen LogP contribution is 2.38. The highest BCUT2D eigenvalue weighted by Gasteiger charge is 2.44. The smallest absolute Gasteiger partial charge is 0.437 e. The molecule has 0 fully saturated rings. The third-order valence-corrected chi connectivity index (χ3v) is 5.31. The maximum atomic E-state index is 13.3. The van der Waals surface area contributed by atoms with E-state index in [4.69, 9.17) is 8.83 Å². The number of imidazole rings is 1. The van der Waals surface area contributed by atoms with Gasteiger partial charge in [0.25, 0.3) is 5.91 Å². The normalized spacial score (nSPS) is 16.8. The van der Waals surface area contributed by atoms with Crippen molar-refractivity contribution >= 4 is 32.9 Å². The van der Waals surface area contributed by atoms with Crippen LogP contribution in [-0.4, -0.2) is 37.3 Å². The van der Waals surface area contributed by atoms with Crippen LogP contribution in [0.25, 0.3) is 11.1 Å². The van der Waals surface area contributed by atoms with Crippen molar-refractivity contribution in [2.45, 2.75) is 18.6 Å². The molecule has 5 rings (SSSR count). The lowest BCUT2D eigenvalue weighted by Crippen LogP contribution is -2.41. The molecule has 0 spiro atoms. The number of carbonyl (C=O) groups is 1. The van der Waals surface area contributed by atoms with Crippen LogP contribution in [-0.2, 0) is 12.6 Å². The van der Waals surface area contributed by atoms with Gasteiger partial charge >= 0.3 is 6.18 Å². The Balaban J connectivity index is 1.62. The first-order valence-electron chi connectivity index (χ1n) is 8.72. The van der Waals surface area contributed by atoms with Crippen LogP contribution in [0.3, 0.4) is 0 Å². The Labute approximate surface area is 174 Å². The molecule has 3 aromatic heterocycles. The number of hydrogen-bond donors (Lipinski definition) is 1.